The molecule has 0 aliphatic carbocycles. The summed E-state index contributed by atoms with van der Waals surface area (Å²) in [6.45, 7) is 2.04. The molecule has 1 aliphatic heterocycles. The van der Waals surface area contributed by atoms with Gasteiger partial charge in [0, 0.05) is 19.3 Å². The zero-order valence-corrected chi connectivity index (χ0v) is 10.8. The zero-order chi connectivity index (χ0) is 13.7. The summed E-state index contributed by atoms with van der Waals surface area (Å²) in [6.07, 6.45) is 3.50. The number of aryl methyl sites for hydroxylation is 1. The van der Waals surface area contributed by atoms with Gasteiger partial charge in [-0.2, -0.15) is 0 Å². The van der Waals surface area contributed by atoms with Gasteiger partial charge in [0.2, 0.25) is 0 Å². The van der Waals surface area contributed by atoms with E-state index < -0.39 is 5.97 Å². The quantitative estimate of drug-likeness (QED) is 0.800. The van der Waals surface area contributed by atoms with E-state index in [1.807, 2.05) is 17.0 Å². The lowest BCUT2D eigenvalue weighted by molar-refractivity contribution is -0.140. The fourth-order valence-corrected chi connectivity index (χ4v) is 2.27. The molecule has 6 heteroatoms. The first-order valence-electron chi connectivity index (χ1n) is 6.39. The summed E-state index contributed by atoms with van der Waals surface area (Å²) in [5.41, 5.74) is 6.76. The molecule has 2 rings (SSSR count). The van der Waals surface area contributed by atoms with Crippen LogP contribution in [0.3, 0.4) is 0 Å². The number of nitrogens with two attached hydrogens (primary N) is 1. The Bertz CT molecular complexity index is 439. The first-order valence-corrected chi connectivity index (χ1v) is 6.39. The van der Waals surface area contributed by atoms with Crippen LogP contribution in [0.4, 0.5) is 5.82 Å². The normalized spacial score (nSPS) is 20.3. The number of carbonyl (C=O) groups is 1. The molecule has 0 bridgehead atoms. The number of hydrogen-bond acceptors (Lipinski definition) is 5. The minimum Gasteiger partial charge on any atom is -0.480 e. The Morgan fingerprint density at radius 2 is 2.47 bits per heavy atom. The van der Waals surface area contributed by atoms with E-state index in [-0.39, 0.29) is 12.6 Å². The van der Waals surface area contributed by atoms with Gasteiger partial charge in [-0.05, 0) is 30.5 Å². The van der Waals surface area contributed by atoms with Gasteiger partial charge in [-0.25, -0.2) is 4.98 Å². The first kappa shape index (κ1) is 13.8. The molecule has 1 fully saturated rings. The molecule has 2 heterocycles. The van der Waals surface area contributed by atoms with Crippen molar-refractivity contribution in [2.45, 2.75) is 18.9 Å². The topological polar surface area (TPSA) is 88.7 Å². The second kappa shape index (κ2) is 6.49. The maximum Gasteiger partial charge on any atom is 0.317 e. The van der Waals surface area contributed by atoms with Crippen molar-refractivity contribution in [2.75, 3.05) is 32.0 Å². The highest BCUT2D eigenvalue weighted by Crippen LogP contribution is 2.13. The fraction of sp³-hybridized carbons (Fsp3) is 0.538. The van der Waals surface area contributed by atoms with Crippen molar-refractivity contribution >= 4 is 11.8 Å². The van der Waals surface area contributed by atoms with Crippen molar-refractivity contribution in [3.8, 4) is 0 Å². The van der Waals surface area contributed by atoms with Gasteiger partial charge in [-0.1, -0.05) is 0 Å². The fourth-order valence-electron chi connectivity index (χ4n) is 2.27. The van der Waals surface area contributed by atoms with E-state index in [1.165, 1.54) is 0 Å². The van der Waals surface area contributed by atoms with Crippen molar-refractivity contribution < 1.29 is 14.6 Å². The van der Waals surface area contributed by atoms with E-state index in [1.54, 1.807) is 6.20 Å². The lowest BCUT2D eigenvalue weighted by Gasteiger charge is -2.31. The summed E-state index contributed by atoms with van der Waals surface area (Å²) in [5.74, 6) is -0.267. The van der Waals surface area contributed by atoms with E-state index in [0.717, 1.165) is 18.4 Å². The van der Waals surface area contributed by atoms with Gasteiger partial charge < -0.3 is 15.6 Å². The molecular weight excluding hydrogens is 246 g/mol. The molecular formula is C13H19N3O3. The average molecular weight is 265 g/mol. The lowest BCUT2D eigenvalue weighted by Crippen LogP contribution is -2.44. The number of nitrogens with zero attached hydrogens (tertiary/aromatic N) is 2. The van der Waals surface area contributed by atoms with Crippen molar-refractivity contribution in [1.82, 2.24) is 9.88 Å². The molecule has 0 radical (unpaired) electrons. The van der Waals surface area contributed by atoms with Crippen LogP contribution in [0.2, 0.25) is 0 Å². The van der Waals surface area contributed by atoms with E-state index in [2.05, 4.69) is 4.98 Å². The zero-order valence-electron chi connectivity index (χ0n) is 10.8. The van der Waals surface area contributed by atoms with Gasteiger partial charge in [-0.15, -0.1) is 0 Å². The number of anilines is 1. The average Bonchev–Trinajstić information content (AvgIpc) is 2.36. The van der Waals surface area contributed by atoms with E-state index >= 15 is 0 Å². The maximum atomic E-state index is 10.7. The third-order valence-electron chi connectivity index (χ3n) is 3.18. The second-order valence-corrected chi connectivity index (χ2v) is 4.75. The Morgan fingerprint density at radius 1 is 1.63 bits per heavy atom. The molecule has 1 atom stereocenters. The molecule has 1 aromatic rings. The van der Waals surface area contributed by atoms with Gasteiger partial charge in [0.1, 0.15) is 5.82 Å². The monoisotopic (exact) mass is 265 g/mol. The lowest BCUT2D eigenvalue weighted by atomic mass is 10.1. The van der Waals surface area contributed by atoms with Gasteiger partial charge in [0.25, 0.3) is 0 Å². The molecule has 1 unspecified atom stereocenters. The van der Waals surface area contributed by atoms with Crippen LogP contribution >= 0.6 is 0 Å². The Balaban J connectivity index is 1.81. The number of morpholine rings is 1. The van der Waals surface area contributed by atoms with Gasteiger partial charge in [0.05, 0.1) is 19.3 Å². The first-order chi connectivity index (χ1) is 9.13. The summed E-state index contributed by atoms with van der Waals surface area (Å²) in [5, 5.41) is 8.79. The highest BCUT2D eigenvalue weighted by atomic mass is 16.5. The number of carboxylic acid groups (broad SMARTS) is 1. The van der Waals surface area contributed by atoms with Crippen LogP contribution in [-0.2, 0) is 16.0 Å². The Kier molecular flexibility index (Phi) is 4.70. The maximum absolute atomic E-state index is 10.7. The molecule has 0 spiro atoms. The summed E-state index contributed by atoms with van der Waals surface area (Å²) < 4.78 is 5.66. The van der Waals surface area contributed by atoms with Crippen molar-refractivity contribution in [3.05, 3.63) is 23.9 Å². The van der Waals surface area contributed by atoms with Gasteiger partial charge in [-0.3, -0.25) is 9.69 Å². The van der Waals surface area contributed by atoms with E-state index in [9.17, 15) is 4.79 Å². The Morgan fingerprint density at radius 3 is 3.21 bits per heavy atom. The number of carboxylic acids is 1. The SMILES string of the molecule is Nc1cc(CCC2CN(CC(=O)O)CCO2)ccn1. The molecule has 6 nitrogen and oxygen atoms in total. The Hall–Kier alpha value is -1.66. The van der Waals surface area contributed by atoms with Crippen LogP contribution in [0.1, 0.15) is 12.0 Å². The van der Waals surface area contributed by atoms with Crippen LogP contribution in [0, 0.1) is 0 Å². The summed E-state index contributed by atoms with van der Waals surface area (Å²) >= 11 is 0. The molecule has 19 heavy (non-hydrogen) atoms. The van der Waals surface area contributed by atoms with Crippen LogP contribution in [0.15, 0.2) is 18.3 Å². The van der Waals surface area contributed by atoms with Gasteiger partial charge in [0.15, 0.2) is 0 Å². The number of rotatable bonds is 5. The van der Waals surface area contributed by atoms with Crippen LogP contribution in [0.25, 0.3) is 0 Å². The molecule has 3 N–H and O–H groups in total. The summed E-state index contributed by atoms with van der Waals surface area (Å²) in [6, 6.07) is 3.80. The van der Waals surface area contributed by atoms with Crippen molar-refractivity contribution in [1.29, 1.82) is 0 Å². The number of hydrogen-bond donors (Lipinski definition) is 2. The van der Waals surface area contributed by atoms with Crippen molar-refractivity contribution in [3.63, 3.8) is 0 Å². The van der Waals surface area contributed by atoms with Crippen LogP contribution in [0.5, 0.6) is 0 Å². The third-order valence-corrected chi connectivity index (χ3v) is 3.18. The summed E-state index contributed by atoms with van der Waals surface area (Å²) in [7, 11) is 0. The predicted octanol–water partition coefficient (Wildman–Crippen LogP) is 0.382. The summed E-state index contributed by atoms with van der Waals surface area (Å²) in [4.78, 5) is 16.6. The van der Waals surface area contributed by atoms with E-state index in [4.69, 9.17) is 15.6 Å². The minimum atomic E-state index is -0.789. The third kappa shape index (κ3) is 4.50. The molecule has 1 aliphatic rings. The number of aromatic nitrogens is 1. The highest BCUT2D eigenvalue weighted by molar-refractivity contribution is 5.69. The predicted molar refractivity (Wildman–Crippen MR) is 70.8 cm³/mol. The van der Waals surface area contributed by atoms with Crippen LogP contribution in [-0.4, -0.2) is 53.3 Å². The molecule has 1 aromatic heterocycles. The number of pyridine rings is 1. The van der Waals surface area contributed by atoms with Gasteiger partial charge >= 0.3 is 5.97 Å². The standard InChI is InChI=1S/C13H19N3O3/c14-12-7-10(3-4-15-12)1-2-11-8-16(5-6-19-11)9-13(17)18/h3-4,7,11H,1-2,5-6,8-9H2,(H2,14,15)(H,17,18). The Labute approximate surface area is 112 Å². The molecule has 1 saturated heterocycles. The van der Waals surface area contributed by atoms with Crippen molar-refractivity contribution in [2.24, 2.45) is 0 Å². The second-order valence-electron chi connectivity index (χ2n) is 4.75. The molecule has 0 aromatic carbocycles. The van der Waals surface area contributed by atoms with Crippen LogP contribution < -0.4 is 5.73 Å². The number of ether oxygens (including phenoxy) is 1. The molecule has 0 amide bonds. The smallest absolute Gasteiger partial charge is 0.317 e. The minimum absolute atomic E-state index is 0.0854. The highest BCUT2D eigenvalue weighted by Gasteiger charge is 2.21. The number of nitrogen functional groups attached to an aromatic ring is 1. The van der Waals surface area contributed by atoms with E-state index in [0.29, 0.717) is 25.5 Å². The molecule has 104 valence electrons. The number of aliphatic carboxylic acids is 1. The largest absolute Gasteiger partial charge is 0.480 e. The molecule has 0 saturated carbocycles.